The second-order valence-corrected chi connectivity index (χ2v) is 3.95. The minimum Gasteiger partial charge on any atom is -0.479 e. The van der Waals surface area contributed by atoms with E-state index in [-0.39, 0.29) is 80.5 Å². The van der Waals surface area contributed by atoms with Crippen molar-refractivity contribution in [1.82, 2.24) is 0 Å². The van der Waals surface area contributed by atoms with Gasteiger partial charge >= 0.3 is 68.9 Å². The Bertz CT molecular complexity index is 228. The molecule has 1 aliphatic rings. The molecule has 0 aromatic heterocycles. The molecule has 1 unspecified atom stereocenters. The minimum atomic E-state index is -0.476. The summed E-state index contributed by atoms with van der Waals surface area (Å²) in [6.45, 7) is 4.35. The van der Waals surface area contributed by atoms with E-state index in [4.69, 9.17) is 9.47 Å². The van der Waals surface area contributed by atoms with Crippen molar-refractivity contribution in [2.45, 2.75) is 32.2 Å². The van der Waals surface area contributed by atoms with Gasteiger partial charge in [-0.1, -0.05) is 12.2 Å². The molecule has 1 aliphatic heterocycles. The quantitative estimate of drug-likeness (QED) is 0.478. The van der Waals surface area contributed by atoms with E-state index in [2.05, 4.69) is 9.24 Å². The largest absolute Gasteiger partial charge is 1.00 e. The molecule has 1 atom stereocenters. The van der Waals surface area contributed by atoms with Crippen LogP contribution < -0.4 is 68.9 Å². The summed E-state index contributed by atoms with van der Waals surface area (Å²) in [5, 5.41) is 0. The van der Waals surface area contributed by atoms with E-state index in [0.717, 1.165) is 0 Å². The molecule has 0 saturated carbocycles. The second-order valence-electron chi connectivity index (χ2n) is 3.45. The Hall–Kier alpha value is 1.81. The topological polar surface area (TPSA) is 35.5 Å². The van der Waals surface area contributed by atoms with Gasteiger partial charge in [0.2, 0.25) is 0 Å². The number of hydrogen-bond acceptors (Lipinski definition) is 3. The van der Waals surface area contributed by atoms with Crippen LogP contribution in [0.2, 0.25) is 0 Å². The minimum absolute atomic E-state index is 0. The van der Waals surface area contributed by atoms with Gasteiger partial charge in [0.05, 0.1) is 12.7 Å². The van der Waals surface area contributed by atoms with Crippen LogP contribution >= 0.6 is 9.24 Å². The molecule has 0 bridgehead atoms. The molecule has 74 valence electrons. The molecule has 0 spiro atoms. The van der Waals surface area contributed by atoms with E-state index >= 15 is 0 Å². The fourth-order valence-corrected chi connectivity index (χ4v) is 1.32. The molecule has 0 radical (unpaired) electrons. The predicted octanol–water partition coefficient (Wildman–Crippen LogP) is -1.24. The molecule has 14 heavy (non-hydrogen) atoms. The summed E-state index contributed by atoms with van der Waals surface area (Å²) in [4.78, 5) is 10.5. The first-order valence-electron chi connectivity index (χ1n) is 4.23. The van der Waals surface area contributed by atoms with Crippen LogP contribution in [0.5, 0.6) is 0 Å². The first-order chi connectivity index (χ1) is 5.99. The van der Waals surface area contributed by atoms with Gasteiger partial charge in [-0.2, -0.15) is 0 Å². The van der Waals surface area contributed by atoms with Gasteiger partial charge in [-0.3, -0.25) is 0 Å². The first kappa shape index (κ1) is 15.8. The van der Waals surface area contributed by atoms with Gasteiger partial charge in [-0.25, -0.2) is 0 Å². The summed E-state index contributed by atoms with van der Waals surface area (Å²) in [7, 11) is 2.86. The standard InChI is InChI=1S/C9H14O3P.Cs/c1-9(2)11-6-7(12-9)4-3-5-8(10)13;/h3,5,7,13H,4,6H2,1-2H3;/q-1;+1/b5-3+;. The summed E-state index contributed by atoms with van der Waals surface area (Å²) in [5.41, 5.74) is -0.127. The Balaban J connectivity index is 0.00000169. The number of ether oxygens (including phenoxy) is 2. The van der Waals surface area contributed by atoms with Crippen molar-refractivity contribution in [2.75, 3.05) is 6.61 Å². The summed E-state index contributed by atoms with van der Waals surface area (Å²) in [6, 6.07) is 0. The molecular weight excluding hydrogens is 320 g/mol. The maximum atomic E-state index is 10.5. The Morgan fingerprint density at radius 2 is 2.29 bits per heavy atom. The third-order valence-electron chi connectivity index (χ3n) is 1.74. The molecule has 0 aliphatic carbocycles. The molecule has 1 rings (SSSR count). The average molecular weight is 334 g/mol. The molecule has 1 heterocycles. The molecule has 0 aromatic rings. The van der Waals surface area contributed by atoms with Crippen molar-refractivity contribution in [2.24, 2.45) is 0 Å². The number of carbonyl (C=O) groups excluding carboxylic acids is 1. The van der Waals surface area contributed by atoms with Gasteiger partial charge in [-0.15, -0.1) is 0 Å². The second kappa shape index (κ2) is 7.20. The fourth-order valence-electron chi connectivity index (χ4n) is 1.21. The monoisotopic (exact) mass is 334 g/mol. The Labute approximate surface area is 146 Å². The van der Waals surface area contributed by atoms with Gasteiger partial charge in [0.15, 0.2) is 5.79 Å². The van der Waals surface area contributed by atoms with Crippen LogP contribution in [-0.4, -0.2) is 24.0 Å². The van der Waals surface area contributed by atoms with E-state index in [1.165, 1.54) is 6.08 Å². The zero-order valence-corrected chi connectivity index (χ0v) is 16.2. The third-order valence-corrected chi connectivity index (χ3v) is 1.90. The van der Waals surface area contributed by atoms with Crippen LogP contribution in [0, 0.1) is 0 Å². The number of rotatable bonds is 3. The molecule has 3 nitrogen and oxygen atoms in total. The molecular formula is C9H14CsO3P. The predicted molar refractivity (Wildman–Crippen MR) is 52.0 cm³/mol. The molecule has 1 saturated heterocycles. The maximum Gasteiger partial charge on any atom is 1.00 e. The van der Waals surface area contributed by atoms with Crippen LogP contribution in [0.4, 0.5) is 0 Å². The van der Waals surface area contributed by atoms with Crippen molar-refractivity contribution in [3.05, 3.63) is 12.2 Å². The summed E-state index contributed by atoms with van der Waals surface area (Å²) in [6.07, 6.45) is 4.04. The van der Waals surface area contributed by atoms with Crippen molar-refractivity contribution in [3.8, 4) is 0 Å². The molecule has 0 aromatic carbocycles. The molecule has 5 heteroatoms. The van der Waals surface area contributed by atoms with E-state index in [1.807, 2.05) is 13.8 Å². The number of allylic oxidation sites excluding steroid dienone is 1. The van der Waals surface area contributed by atoms with E-state index in [0.29, 0.717) is 13.0 Å². The van der Waals surface area contributed by atoms with Crippen molar-refractivity contribution in [1.29, 1.82) is 0 Å². The SMILES string of the molecule is CC1(C)OCC(C/C=C/C(=O)[PH-])O1.[Cs+]. The number of carbonyl (C=O) groups is 1. The maximum absolute atomic E-state index is 10.5. The van der Waals surface area contributed by atoms with Crippen molar-refractivity contribution < 1.29 is 83.2 Å². The van der Waals surface area contributed by atoms with Gasteiger partial charge in [0.25, 0.3) is 0 Å². The zero-order chi connectivity index (χ0) is 9.90. The van der Waals surface area contributed by atoms with Crippen LogP contribution in [0.15, 0.2) is 12.2 Å². The average Bonchev–Trinajstić information content (AvgIpc) is 2.29. The van der Waals surface area contributed by atoms with Crippen molar-refractivity contribution >= 4 is 14.8 Å². The van der Waals surface area contributed by atoms with Gasteiger partial charge < -0.3 is 23.5 Å². The third kappa shape index (κ3) is 6.41. The van der Waals surface area contributed by atoms with E-state index in [1.54, 1.807) is 6.08 Å². The van der Waals surface area contributed by atoms with Crippen LogP contribution in [-0.2, 0) is 14.3 Å². The normalized spacial score (nSPS) is 24.9. The summed E-state index contributed by atoms with van der Waals surface area (Å²) in [5.74, 6) is -0.476. The fraction of sp³-hybridized carbons (Fsp3) is 0.667. The molecule has 0 N–H and O–H groups in total. The summed E-state index contributed by atoms with van der Waals surface area (Å²) < 4.78 is 10.9. The van der Waals surface area contributed by atoms with Crippen LogP contribution in [0.3, 0.4) is 0 Å². The van der Waals surface area contributed by atoms with Gasteiger partial charge in [0, 0.05) is 0 Å². The van der Waals surface area contributed by atoms with Crippen LogP contribution in [0.25, 0.3) is 0 Å². The Morgan fingerprint density at radius 1 is 1.64 bits per heavy atom. The first-order valence-corrected chi connectivity index (χ1v) is 4.73. The van der Waals surface area contributed by atoms with E-state index < -0.39 is 5.79 Å². The van der Waals surface area contributed by atoms with Gasteiger partial charge in [0.1, 0.15) is 0 Å². The Morgan fingerprint density at radius 3 is 2.71 bits per heavy atom. The molecule has 0 amide bonds. The number of hydrogen-bond donors (Lipinski definition) is 0. The summed E-state index contributed by atoms with van der Waals surface area (Å²) >= 11 is 0. The van der Waals surface area contributed by atoms with Crippen molar-refractivity contribution in [3.63, 3.8) is 0 Å². The van der Waals surface area contributed by atoms with Crippen LogP contribution in [0.1, 0.15) is 20.3 Å². The zero-order valence-electron chi connectivity index (χ0n) is 8.87. The molecule has 1 fully saturated rings. The van der Waals surface area contributed by atoms with Gasteiger partial charge in [-0.05, 0) is 25.8 Å². The smallest absolute Gasteiger partial charge is 0.479 e. The Kier molecular flexibility index (Phi) is 8.13. The van der Waals surface area contributed by atoms with E-state index in [9.17, 15) is 4.79 Å².